The molecule has 0 fully saturated rings. The zero-order valence-corrected chi connectivity index (χ0v) is 20.9. The van der Waals surface area contributed by atoms with Crippen molar-refractivity contribution in [2.75, 3.05) is 5.32 Å². The van der Waals surface area contributed by atoms with Crippen molar-refractivity contribution in [1.82, 2.24) is 35.2 Å². The van der Waals surface area contributed by atoms with Gasteiger partial charge in [0.05, 0.1) is 23.6 Å². The van der Waals surface area contributed by atoms with Crippen LogP contribution in [0.1, 0.15) is 73.7 Å². The van der Waals surface area contributed by atoms with Crippen LogP contribution in [0.3, 0.4) is 0 Å². The quantitative estimate of drug-likeness (QED) is 0.395. The number of fused-ring (bicyclic) bond motifs is 1. The Morgan fingerprint density at radius 2 is 2.03 bits per heavy atom. The summed E-state index contributed by atoms with van der Waals surface area (Å²) in [4.78, 5) is 26.3. The van der Waals surface area contributed by atoms with Crippen molar-refractivity contribution >= 4 is 17.5 Å². The van der Waals surface area contributed by atoms with Crippen LogP contribution in [-0.2, 0) is 18.9 Å². The van der Waals surface area contributed by atoms with Crippen LogP contribution in [0.4, 0.5) is 11.6 Å². The number of rotatable bonds is 5. The normalized spacial score (nSPS) is 15.7. The number of nitrogens with one attached hydrogen (secondary N) is 2. The Kier molecular flexibility index (Phi) is 6.26. The molecule has 1 aliphatic carbocycles. The number of hydrogen-bond donors (Lipinski definition) is 2. The molecule has 2 N–H and O–H groups in total. The van der Waals surface area contributed by atoms with Crippen molar-refractivity contribution in [2.45, 2.75) is 57.9 Å². The molecule has 1 amide bonds. The molecule has 1 aliphatic rings. The Balaban J connectivity index is 1.36. The van der Waals surface area contributed by atoms with Gasteiger partial charge < -0.3 is 15.2 Å². The largest absolute Gasteiger partial charge is 0.342 e. The Morgan fingerprint density at radius 1 is 1.17 bits per heavy atom. The molecule has 10 nitrogen and oxygen atoms in total. The van der Waals surface area contributed by atoms with Crippen LogP contribution in [0.2, 0.25) is 0 Å². The lowest BCUT2D eigenvalue weighted by atomic mass is 9.95. The second-order valence-electron chi connectivity index (χ2n) is 10.2. The van der Waals surface area contributed by atoms with Crippen molar-refractivity contribution in [2.24, 2.45) is 7.05 Å². The number of carbonyl (C=O) groups is 1. The molecule has 186 valence electrons. The zero-order valence-electron chi connectivity index (χ0n) is 20.9. The number of anilines is 2. The third-order valence-electron chi connectivity index (χ3n) is 6.20. The minimum atomic E-state index is -0.321. The summed E-state index contributed by atoms with van der Waals surface area (Å²) in [5, 5.41) is 14.4. The number of nitrogens with zero attached hydrogens (tertiary/aromatic N) is 6. The summed E-state index contributed by atoms with van der Waals surface area (Å²) >= 11 is 0. The highest BCUT2D eigenvalue weighted by Gasteiger charge is 2.27. The van der Waals surface area contributed by atoms with Crippen molar-refractivity contribution in [3.8, 4) is 11.3 Å². The van der Waals surface area contributed by atoms with Crippen molar-refractivity contribution in [3.05, 3.63) is 65.7 Å². The summed E-state index contributed by atoms with van der Waals surface area (Å²) in [6.45, 7) is 5.91. The van der Waals surface area contributed by atoms with Crippen molar-refractivity contribution in [3.63, 3.8) is 0 Å². The number of amides is 1. The maximum Gasteiger partial charge on any atom is 0.293 e. The van der Waals surface area contributed by atoms with Crippen LogP contribution >= 0.6 is 0 Å². The highest BCUT2D eigenvalue weighted by atomic mass is 16.5. The van der Waals surface area contributed by atoms with E-state index >= 15 is 0 Å². The van der Waals surface area contributed by atoms with Crippen molar-refractivity contribution in [1.29, 1.82) is 0 Å². The summed E-state index contributed by atoms with van der Waals surface area (Å²) in [5.74, 6) is 0.700. The lowest BCUT2D eigenvalue weighted by Gasteiger charge is -2.19. The Hall–Kier alpha value is -4.08. The van der Waals surface area contributed by atoms with E-state index in [1.165, 1.54) is 5.56 Å². The third kappa shape index (κ3) is 5.12. The summed E-state index contributed by atoms with van der Waals surface area (Å²) in [6, 6.07) is 8.09. The van der Waals surface area contributed by atoms with Gasteiger partial charge in [0.1, 0.15) is 0 Å². The molecule has 1 atom stereocenters. The second-order valence-corrected chi connectivity index (χ2v) is 10.2. The lowest BCUT2D eigenvalue weighted by Crippen LogP contribution is -2.29. The molecule has 0 radical (unpaired) electrons. The summed E-state index contributed by atoms with van der Waals surface area (Å²) in [6.07, 6.45) is 9.20. The lowest BCUT2D eigenvalue weighted by molar-refractivity contribution is 0.0921. The smallest absolute Gasteiger partial charge is 0.293 e. The molecule has 0 saturated carbocycles. The minimum absolute atomic E-state index is 0.0666. The maximum atomic E-state index is 12.9. The first-order chi connectivity index (χ1) is 17.3. The molecule has 36 heavy (non-hydrogen) atoms. The Labute approximate surface area is 209 Å². The van der Waals surface area contributed by atoms with E-state index in [9.17, 15) is 4.79 Å². The van der Waals surface area contributed by atoms with Gasteiger partial charge in [0.25, 0.3) is 11.7 Å². The van der Waals surface area contributed by atoms with E-state index in [4.69, 9.17) is 9.51 Å². The first-order valence-electron chi connectivity index (χ1n) is 12.1. The predicted molar refractivity (Wildman–Crippen MR) is 135 cm³/mol. The number of benzene rings is 1. The van der Waals surface area contributed by atoms with Crippen LogP contribution in [0, 0.1) is 0 Å². The van der Waals surface area contributed by atoms with Gasteiger partial charge in [-0.2, -0.15) is 10.1 Å². The maximum absolute atomic E-state index is 12.9. The standard InChI is InChI=1S/C26H30N8O2/c1-26(2,3)24-32-22(33-36-24)23(35)30-21-8-6-5-7-16-13-17(9-10-19(16)21)20-11-12-27-25(31-20)29-18-14-28-34(4)15-18/h9-15,21H,5-8H2,1-4H3,(H,30,35)(H,27,29,31)/t21-/m1/s1. The molecule has 3 aromatic heterocycles. The third-order valence-corrected chi connectivity index (χ3v) is 6.20. The van der Waals surface area contributed by atoms with E-state index in [-0.39, 0.29) is 23.2 Å². The summed E-state index contributed by atoms with van der Waals surface area (Å²) in [7, 11) is 1.86. The topological polar surface area (TPSA) is 124 Å². The number of carbonyl (C=O) groups excluding carboxylic acids is 1. The molecule has 0 saturated heterocycles. The average Bonchev–Trinajstić information content (AvgIpc) is 3.46. The Bertz CT molecular complexity index is 1380. The fourth-order valence-electron chi connectivity index (χ4n) is 4.33. The van der Waals surface area contributed by atoms with E-state index in [1.807, 2.05) is 46.1 Å². The summed E-state index contributed by atoms with van der Waals surface area (Å²) < 4.78 is 7.02. The van der Waals surface area contributed by atoms with Crippen LogP contribution in [0.15, 0.2) is 47.4 Å². The minimum Gasteiger partial charge on any atom is -0.342 e. The predicted octanol–water partition coefficient (Wildman–Crippen LogP) is 4.50. The van der Waals surface area contributed by atoms with Crippen LogP contribution in [0.5, 0.6) is 0 Å². The van der Waals surface area contributed by atoms with Gasteiger partial charge in [-0.3, -0.25) is 9.48 Å². The number of hydrogen-bond acceptors (Lipinski definition) is 8. The fraction of sp³-hybridized carbons (Fsp3) is 0.385. The molecule has 0 spiro atoms. The highest BCUT2D eigenvalue weighted by Crippen LogP contribution is 2.32. The molecular formula is C26H30N8O2. The average molecular weight is 487 g/mol. The Morgan fingerprint density at radius 3 is 2.78 bits per heavy atom. The van der Waals surface area contributed by atoms with Gasteiger partial charge in [-0.05, 0) is 42.5 Å². The van der Waals surface area contributed by atoms with Gasteiger partial charge in [0.2, 0.25) is 11.8 Å². The van der Waals surface area contributed by atoms with Gasteiger partial charge in [0.15, 0.2) is 0 Å². The number of aryl methyl sites for hydroxylation is 2. The molecule has 1 aromatic carbocycles. The molecule has 0 aliphatic heterocycles. The van der Waals surface area contributed by atoms with E-state index in [0.29, 0.717) is 11.8 Å². The fourth-order valence-corrected chi connectivity index (χ4v) is 4.33. The number of aromatic nitrogens is 6. The van der Waals surface area contributed by atoms with Crippen LogP contribution in [-0.4, -0.2) is 35.8 Å². The first kappa shape index (κ1) is 23.7. The van der Waals surface area contributed by atoms with Crippen molar-refractivity contribution < 1.29 is 9.32 Å². The molecule has 0 bridgehead atoms. The molecule has 4 aromatic rings. The highest BCUT2D eigenvalue weighted by molar-refractivity contribution is 5.90. The molecular weight excluding hydrogens is 456 g/mol. The van der Waals surface area contributed by atoms with E-state index in [1.54, 1.807) is 17.1 Å². The van der Waals surface area contributed by atoms with Gasteiger partial charge >= 0.3 is 0 Å². The van der Waals surface area contributed by atoms with Crippen LogP contribution in [0.25, 0.3) is 11.3 Å². The van der Waals surface area contributed by atoms with E-state index < -0.39 is 0 Å². The van der Waals surface area contributed by atoms with E-state index in [0.717, 1.165) is 48.2 Å². The molecule has 5 rings (SSSR count). The van der Waals surface area contributed by atoms with Gasteiger partial charge in [-0.15, -0.1) is 0 Å². The SMILES string of the molecule is Cn1cc(Nc2nccc(-c3ccc4c(c3)CCCC[C@H]4NC(=O)c3noc(C(C)(C)C)n3)n2)cn1. The van der Waals surface area contributed by atoms with Gasteiger partial charge in [0, 0.05) is 30.4 Å². The first-order valence-corrected chi connectivity index (χ1v) is 12.1. The molecule has 10 heteroatoms. The monoisotopic (exact) mass is 486 g/mol. The molecule has 0 unspecified atom stereocenters. The van der Waals surface area contributed by atoms with Crippen LogP contribution < -0.4 is 10.6 Å². The molecule has 3 heterocycles. The van der Waals surface area contributed by atoms with Gasteiger partial charge in [-0.25, -0.2) is 9.97 Å². The van der Waals surface area contributed by atoms with E-state index in [2.05, 4.69) is 43.0 Å². The second kappa shape index (κ2) is 9.52. The summed E-state index contributed by atoms with van der Waals surface area (Å²) in [5.41, 5.74) is 4.67. The van der Waals surface area contributed by atoms with Gasteiger partial charge in [-0.1, -0.05) is 44.5 Å². The zero-order chi connectivity index (χ0) is 25.3.